The van der Waals surface area contributed by atoms with Crippen molar-refractivity contribution in [3.05, 3.63) is 82.9 Å². The predicted octanol–water partition coefficient (Wildman–Crippen LogP) is 2.84. The third kappa shape index (κ3) is 4.16. The fraction of sp³-hybridized carbons (Fsp3) is 0.143. The lowest BCUT2D eigenvalue weighted by atomic mass is 10.1. The molecule has 0 aliphatic rings. The number of amides is 1. The number of hydrogen-bond donors (Lipinski definition) is 2. The van der Waals surface area contributed by atoms with Crippen LogP contribution in [-0.2, 0) is 17.8 Å². The molecule has 2 N–H and O–H groups in total. The quantitative estimate of drug-likeness (QED) is 0.530. The molecule has 0 aliphatic carbocycles. The highest BCUT2D eigenvalue weighted by Crippen LogP contribution is 2.13. The molecule has 29 heavy (non-hydrogen) atoms. The van der Waals surface area contributed by atoms with Crippen LogP contribution in [0.4, 0.5) is 17.2 Å². The van der Waals surface area contributed by atoms with Crippen molar-refractivity contribution in [2.24, 2.45) is 0 Å². The van der Waals surface area contributed by atoms with E-state index in [0.29, 0.717) is 11.5 Å². The maximum absolute atomic E-state index is 12.5. The fourth-order valence-corrected chi connectivity index (χ4v) is 2.91. The maximum atomic E-state index is 12.5. The number of carbonyl (C=O) groups is 1. The van der Waals surface area contributed by atoms with E-state index >= 15 is 0 Å². The van der Waals surface area contributed by atoms with Crippen molar-refractivity contribution in [3.63, 3.8) is 0 Å². The number of nitrogens with one attached hydrogen (secondary N) is 2. The first-order valence-electron chi connectivity index (χ1n) is 9.29. The molecule has 0 radical (unpaired) electrons. The summed E-state index contributed by atoms with van der Waals surface area (Å²) < 4.78 is 2.41. The normalized spacial score (nSPS) is 10.8. The second kappa shape index (κ2) is 7.97. The van der Waals surface area contributed by atoms with Gasteiger partial charge in [0.2, 0.25) is 5.91 Å². The molecule has 4 rings (SSSR count). The van der Waals surface area contributed by atoms with Crippen LogP contribution in [0.3, 0.4) is 0 Å². The highest BCUT2D eigenvalue weighted by molar-refractivity contribution is 5.90. The van der Waals surface area contributed by atoms with Crippen LogP contribution in [0.25, 0.3) is 5.78 Å². The highest BCUT2D eigenvalue weighted by atomic mass is 16.2. The number of fused-ring (bicyclic) bond motifs is 1. The number of nitrogens with zero attached hydrogens (tertiary/aromatic N) is 4. The Morgan fingerprint density at radius 2 is 1.76 bits per heavy atom. The molecular formula is C21H20N6O2. The van der Waals surface area contributed by atoms with Gasteiger partial charge in [0.25, 0.3) is 5.78 Å². The Balaban J connectivity index is 1.50. The summed E-state index contributed by atoms with van der Waals surface area (Å²) in [5.74, 6) is 0.444. The smallest absolute Gasteiger partial charge is 0.340 e. The molecule has 2 aromatic carbocycles. The molecule has 2 heterocycles. The number of anilines is 3. The number of hydrogen-bond acceptors (Lipinski definition) is 5. The van der Waals surface area contributed by atoms with Gasteiger partial charge in [0, 0.05) is 17.6 Å². The van der Waals surface area contributed by atoms with Crippen LogP contribution in [0.1, 0.15) is 12.5 Å². The van der Waals surface area contributed by atoms with Gasteiger partial charge in [0.15, 0.2) is 0 Å². The zero-order valence-electron chi connectivity index (χ0n) is 15.9. The number of aromatic nitrogens is 4. The van der Waals surface area contributed by atoms with Gasteiger partial charge in [0.1, 0.15) is 12.4 Å². The Morgan fingerprint density at radius 3 is 2.48 bits per heavy atom. The second-order valence-corrected chi connectivity index (χ2v) is 6.51. The minimum Gasteiger partial charge on any atom is -0.340 e. The van der Waals surface area contributed by atoms with Gasteiger partial charge >= 0.3 is 5.69 Å². The van der Waals surface area contributed by atoms with Gasteiger partial charge in [-0.25, -0.2) is 13.9 Å². The van der Waals surface area contributed by atoms with E-state index in [9.17, 15) is 9.59 Å². The molecule has 8 nitrogen and oxygen atoms in total. The maximum Gasteiger partial charge on any atom is 0.352 e. The SMILES string of the molecule is CCc1ccc(NC(=O)Cn2nc3nc(Nc4ccccc4)ccn3c2=O)cc1. The van der Waals surface area contributed by atoms with E-state index in [1.807, 2.05) is 54.6 Å². The number of rotatable bonds is 6. The van der Waals surface area contributed by atoms with Crippen LogP contribution < -0.4 is 16.3 Å². The number of aryl methyl sites for hydroxylation is 1. The fourth-order valence-electron chi connectivity index (χ4n) is 2.91. The molecule has 2 aromatic heterocycles. The molecule has 0 spiro atoms. The minimum absolute atomic E-state index is 0.195. The molecule has 1 amide bonds. The van der Waals surface area contributed by atoms with E-state index in [0.717, 1.165) is 16.8 Å². The zero-order valence-corrected chi connectivity index (χ0v) is 15.9. The van der Waals surface area contributed by atoms with Crippen molar-refractivity contribution in [3.8, 4) is 0 Å². The summed E-state index contributed by atoms with van der Waals surface area (Å²) >= 11 is 0. The molecule has 8 heteroatoms. The van der Waals surface area contributed by atoms with Crippen LogP contribution in [0.5, 0.6) is 0 Å². The molecule has 0 atom stereocenters. The summed E-state index contributed by atoms with van der Waals surface area (Å²) in [6.45, 7) is 1.87. The van der Waals surface area contributed by atoms with E-state index in [-0.39, 0.29) is 18.2 Å². The van der Waals surface area contributed by atoms with Gasteiger partial charge in [-0.05, 0) is 42.3 Å². The molecule has 0 aliphatic heterocycles. The van der Waals surface area contributed by atoms with Crippen LogP contribution >= 0.6 is 0 Å². The van der Waals surface area contributed by atoms with Crippen molar-refractivity contribution >= 4 is 28.9 Å². The van der Waals surface area contributed by atoms with Gasteiger partial charge in [0.05, 0.1) is 0 Å². The Hall–Kier alpha value is -3.94. The van der Waals surface area contributed by atoms with E-state index in [1.54, 1.807) is 12.3 Å². The van der Waals surface area contributed by atoms with Crippen LogP contribution in [0.2, 0.25) is 0 Å². The Kier molecular flexibility index (Phi) is 5.07. The van der Waals surface area contributed by atoms with E-state index in [2.05, 4.69) is 27.6 Å². The third-order valence-electron chi connectivity index (χ3n) is 4.44. The average molecular weight is 388 g/mol. The van der Waals surface area contributed by atoms with Crippen LogP contribution in [0.15, 0.2) is 71.7 Å². The van der Waals surface area contributed by atoms with Gasteiger partial charge in [-0.1, -0.05) is 37.3 Å². The van der Waals surface area contributed by atoms with Crippen LogP contribution in [-0.4, -0.2) is 25.1 Å². The van der Waals surface area contributed by atoms with Gasteiger partial charge in [-0.3, -0.25) is 4.79 Å². The summed E-state index contributed by atoms with van der Waals surface area (Å²) in [5, 5.41) is 10.1. The van der Waals surface area contributed by atoms with Crippen molar-refractivity contribution in [1.82, 2.24) is 19.2 Å². The third-order valence-corrected chi connectivity index (χ3v) is 4.44. The summed E-state index contributed by atoms with van der Waals surface area (Å²) in [6, 6.07) is 18.8. The first-order valence-corrected chi connectivity index (χ1v) is 9.29. The predicted molar refractivity (Wildman–Crippen MR) is 111 cm³/mol. The molecular weight excluding hydrogens is 368 g/mol. The Labute approximate surface area is 166 Å². The second-order valence-electron chi connectivity index (χ2n) is 6.51. The highest BCUT2D eigenvalue weighted by Gasteiger charge is 2.12. The summed E-state index contributed by atoms with van der Waals surface area (Å²) in [6.07, 6.45) is 2.51. The molecule has 0 saturated carbocycles. The van der Waals surface area contributed by atoms with E-state index in [4.69, 9.17) is 0 Å². The number of para-hydroxylation sites is 1. The minimum atomic E-state index is -0.421. The van der Waals surface area contributed by atoms with E-state index < -0.39 is 5.69 Å². The standard InChI is InChI=1S/C21H20N6O2/c1-2-15-8-10-17(11-9-15)23-19(28)14-27-21(29)26-13-12-18(24-20(26)25-27)22-16-6-4-3-5-7-16/h3-13H,2,14H2,1H3,(H,23,28)(H,22,24,25). The monoisotopic (exact) mass is 388 g/mol. The number of carbonyl (C=O) groups excluding carboxylic acids is 1. The van der Waals surface area contributed by atoms with Gasteiger partial charge in [-0.15, -0.1) is 5.10 Å². The first kappa shape index (κ1) is 18.4. The van der Waals surface area contributed by atoms with Crippen molar-refractivity contribution in [2.75, 3.05) is 10.6 Å². The molecule has 146 valence electrons. The van der Waals surface area contributed by atoms with Crippen molar-refractivity contribution < 1.29 is 4.79 Å². The molecule has 4 aromatic rings. The van der Waals surface area contributed by atoms with Crippen LogP contribution in [0, 0.1) is 0 Å². The Morgan fingerprint density at radius 1 is 1.00 bits per heavy atom. The molecule has 0 unspecified atom stereocenters. The average Bonchev–Trinajstić information content (AvgIpc) is 3.04. The summed E-state index contributed by atoms with van der Waals surface area (Å²) in [7, 11) is 0. The van der Waals surface area contributed by atoms with Crippen molar-refractivity contribution in [1.29, 1.82) is 0 Å². The lowest BCUT2D eigenvalue weighted by Crippen LogP contribution is -2.28. The lowest BCUT2D eigenvalue weighted by Gasteiger charge is -2.05. The van der Waals surface area contributed by atoms with Gasteiger partial charge < -0.3 is 10.6 Å². The topological polar surface area (TPSA) is 93.3 Å². The molecule has 0 bridgehead atoms. The lowest BCUT2D eigenvalue weighted by molar-refractivity contribution is -0.117. The van der Waals surface area contributed by atoms with Gasteiger partial charge in [-0.2, -0.15) is 4.98 Å². The summed E-state index contributed by atoms with van der Waals surface area (Å²) in [5.41, 5.74) is 2.32. The summed E-state index contributed by atoms with van der Waals surface area (Å²) in [4.78, 5) is 29.2. The van der Waals surface area contributed by atoms with Crippen molar-refractivity contribution in [2.45, 2.75) is 19.9 Å². The molecule has 0 fully saturated rings. The Bertz CT molecular complexity index is 1200. The molecule has 0 saturated heterocycles. The number of benzene rings is 2. The first-order chi connectivity index (χ1) is 14.1. The van der Waals surface area contributed by atoms with E-state index in [1.165, 1.54) is 9.96 Å². The largest absolute Gasteiger partial charge is 0.352 e. The zero-order chi connectivity index (χ0) is 20.2.